The van der Waals surface area contributed by atoms with E-state index in [-0.39, 0.29) is 0 Å². The quantitative estimate of drug-likeness (QED) is 0.669. The molecule has 0 heterocycles. The Hall–Kier alpha value is -0.360. The maximum atomic E-state index is 10.4. The van der Waals surface area contributed by atoms with Crippen LogP contribution in [0.1, 0.15) is 17.2 Å². The lowest BCUT2D eigenvalue weighted by Crippen LogP contribution is -2.03. The van der Waals surface area contributed by atoms with Crippen molar-refractivity contribution in [3.8, 4) is 5.75 Å². The number of rotatable bonds is 4. The molecule has 5 heteroatoms. The molecule has 0 spiro atoms. The normalized spacial score (nSPS) is 12.2. The number of benzene rings is 2. The Morgan fingerprint density at radius 3 is 2.45 bits per heavy atom. The number of halogens is 3. The first-order valence-corrected chi connectivity index (χ1v) is 8.34. The van der Waals surface area contributed by atoms with Gasteiger partial charge in [0.05, 0.1) is 17.7 Å². The molecule has 0 saturated heterocycles. The summed E-state index contributed by atoms with van der Waals surface area (Å²) in [5, 5.41) is 10.4. The molecule has 0 aliphatic carbocycles. The Bertz CT molecular complexity index is 614. The van der Waals surface area contributed by atoms with Gasteiger partial charge in [-0.15, -0.1) is 0 Å². The van der Waals surface area contributed by atoms with E-state index in [0.717, 1.165) is 30.3 Å². The Labute approximate surface area is 143 Å². The van der Waals surface area contributed by atoms with Crippen molar-refractivity contribution < 1.29 is 9.84 Å². The molecule has 2 rings (SSSR count). The minimum Gasteiger partial charge on any atom is -0.496 e. The van der Waals surface area contributed by atoms with Crippen LogP contribution in [0.25, 0.3) is 0 Å². The number of aliphatic hydroxyl groups is 1. The van der Waals surface area contributed by atoms with Crippen LogP contribution in [0.4, 0.5) is 0 Å². The van der Waals surface area contributed by atoms with Crippen molar-refractivity contribution in [3.05, 3.63) is 60.9 Å². The van der Waals surface area contributed by atoms with Gasteiger partial charge in [0, 0.05) is 15.4 Å². The first-order valence-electron chi connectivity index (χ1n) is 5.96. The first-order chi connectivity index (χ1) is 9.51. The van der Waals surface area contributed by atoms with E-state index in [2.05, 4.69) is 47.8 Å². The van der Waals surface area contributed by atoms with Crippen molar-refractivity contribution in [1.29, 1.82) is 0 Å². The van der Waals surface area contributed by atoms with Gasteiger partial charge in [0.25, 0.3) is 0 Å². The van der Waals surface area contributed by atoms with Gasteiger partial charge in [0.15, 0.2) is 0 Å². The summed E-state index contributed by atoms with van der Waals surface area (Å²) in [5.41, 5.74) is 1.91. The summed E-state index contributed by atoms with van der Waals surface area (Å²) < 4.78 is 7.94. The van der Waals surface area contributed by atoms with E-state index in [1.165, 1.54) is 0 Å². The predicted molar refractivity (Wildman–Crippen MR) is 91.2 cm³/mol. The number of aliphatic hydroxyl groups excluding tert-OH is 1. The molecule has 1 unspecified atom stereocenters. The van der Waals surface area contributed by atoms with E-state index in [9.17, 15) is 5.11 Å². The standard InChI is InChI=1S/C15H13Br3O2/c1-20-15-5-2-9(6-13(15)18)7-14(19)11-8-10(16)3-4-12(11)17/h2-6,8,14,19H,7H2,1H3. The average molecular weight is 465 g/mol. The van der Waals surface area contributed by atoms with Gasteiger partial charge < -0.3 is 9.84 Å². The van der Waals surface area contributed by atoms with E-state index in [1.807, 2.05) is 36.4 Å². The van der Waals surface area contributed by atoms with Crippen LogP contribution in [0.2, 0.25) is 0 Å². The zero-order chi connectivity index (χ0) is 14.7. The highest BCUT2D eigenvalue weighted by Gasteiger charge is 2.13. The summed E-state index contributed by atoms with van der Waals surface area (Å²) in [6.45, 7) is 0. The third kappa shape index (κ3) is 3.85. The number of hydrogen-bond acceptors (Lipinski definition) is 2. The summed E-state index contributed by atoms with van der Waals surface area (Å²) in [7, 11) is 1.63. The van der Waals surface area contributed by atoms with Gasteiger partial charge in [-0.2, -0.15) is 0 Å². The second-order valence-electron chi connectivity index (χ2n) is 4.35. The molecule has 1 atom stereocenters. The first kappa shape index (κ1) is 16.0. The van der Waals surface area contributed by atoms with Gasteiger partial charge in [-0.05, 0) is 57.4 Å². The van der Waals surface area contributed by atoms with E-state index < -0.39 is 6.10 Å². The molecule has 0 amide bonds. The average Bonchev–Trinajstić information content (AvgIpc) is 2.41. The van der Waals surface area contributed by atoms with Crippen LogP contribution in [-0.4, -0.2) is 12.2 Å². The number of methoxy groups -OCH3 is 1. The van der Waals surface area contributed by atoms with Crippen molar-refractivity contribution in [3.63, 3.8) is 0 Å². The summed E-state index contributed by atoms with van der Waals surface area (Å²) >= 11 is 10.4. The minimum absolute atomic E-state index is 0.539. The Morgan fingerprint density at radius 2 is 1.80 bits per heavy atom. The Kier molecular flexibility index (Phi) is 5.66. The van der Waals surface area contributed by atoms with Gasteiger partial charge >= 0.3 is 0 Å². The molecule has 0 aliphatic heterocycles. The van der Waals surface area contributed by atoms with E-state index in [1.54, 1.807) is 7.11 Å². The fraction of sp³-hybridized carbons (Fsp3) is 0.200. The number of hydrogen-bond donors (Lipinski definition) is 1. The SMILES string of the molecule is COc1ccc(CC(O)c2cc(Br)ccc2Br)cc1Br. The van der Waals surface area contributed by atoms with Crippen molar-refractivity contribution in [2.24, 2.45) is 0 Å². The van der Waals surface area contributed by atoms with Crippen molar-refractivity contribution in [2.45, 2.75) is 12.5 Å². The molecule has 1 N–H and O–H groups in total. The molecular formula is C15H13Br3O2. The van der Waals surface area contributed by atoms with Crippen LogP contribution in [0.15, 0.2) is 49.8 Å². The summed E-state index contributed by atoms with van der Waals surface area (Å²) in [5.74, 6) is 0.784. The van der Waals surface area contributed by atoms with Crippen molar-refractivity contribution >= 4 is 47.8 Å². The predicted octanol–water partition coefficient (Wildman–Crippen LogP) is 5.26. The highest BCUT2D eigenvalue weighted by Crippen LogP contribution is 2.31. The highest BCUT2D eigenvalue weighted by atomic mass is 79.9. The van der Waals surface area contributed by atoms with Crippen molar-refractivity contribution in [2.75, 3.05) is 7.11 Å². The van der Waals surface area contributed by atoms with E-state index >= 15 is 0 Å². The summed E-state index contributed by atoms with van der Waals surface area (Å²) in [4.78, 5) is 0. The van der Waals surface area contributed by atoms with Crippen LogP contribution in [-0.2, 0) is 6.42 Å². The van der Waals surface area contributed by atoms with Crippen LogP contribution in [0.5, 0.6) is 5.75 Å². The minimum atomic E-state index is -0.567. The molecular weight excluding hydrogens is 452 g/mol. The summed E-state index contributed by atoms with van der Waals surface area (Å²) in [6, 6.07) is 11.6. The largest absolute Gasteiger partial charge is 0.496 e. The smallest absolute Gasteiger partial charge is 0.133 e. The number of ether oxygens (including phenoxy) is 1. The van der Waals surface area contributed by atoms with E-state index in [4.69, 9.17) is 4.74 Å². The maximum Gasteiger partial charge on any atom is 0.133 e. The molecule has 0 saturated carbocycles. The van der Waals surface area contributed by atoms with Crippen LogP contribution >= 0.6 is 47.8 Å². The third-order valence-corrected chi connectivity index (χ3v) is 4.80. The maximum absolute atomic E-state index is 10.4. The second kappa shape index (κ2) is 7.07. The highest BCUT2D eigenvalue weighted by molar-refractivity contribution is 9.11. The molecule has 2 nitrogen and oxygen atoms in total. The molecule has 20 heavy (non-hydrogen) atoms. The molecule has 0 aliphatic rings. The molecule has 2 aromatic carbocycles. The van der Waals surface area contributed by atoms with Crippen LogP contribution in [0, 0.1) is 0 Å². The van der Waals surface area contributed by atoms with Gasteiger partial charge in [0.2, 0.25) is 0 Å². The van der Waals surface area contributed by atoms with Gasteiger partial charge in [0.1, 0.15) is 5.75 Å². The lowest BCUT2D eigenvalue weighted by atomic mass is 10.0. The second-order valence-corrected chi connectivity index (χ2v) is 6.98. The van der Waals surface area contributed by atoms with Crippen molar-refractivity contribution in [1.82, 2.24) is 0 Å². The zero-order valence-corrected chi connectivity index (χ0v) is 15.5. The van der Waals surface area contributed by atoms with E-state index in [0.29, 0.717) is 6.42 Å². The van der Waals surface area contributed by atoms with Crippen LogP contribution in [0.3, 0.4) is 0 Å². The van der Waals surface area contributed by atoms with Gasteiger partial charge in [-0.3, -0.25) is 0 Å². The lowest BCUT2D eigenvalue weighted by Gasteiger charge is -2.14. The summed E-state index contributed by atoms with van der Waals surface area (Å²) in [6.07, 6.45) is -0.0281. The van der Waals surface area contributed by atoms with Gasteiger partial charge in [-0.1, -0.05) is 37.9 Å². The topological polar surface area (TPSA) is 29.5 Å². The zero-order valence-electron chi connectivity index (χ0n) is 10.7. The third-order valence-electron chi connectivity index (χ3n) is 2.96. The van der Waals surface area contributed by atoms with Gasteiger partial charge in [-0.25, -0.2) is 0 Å². The molecule has 106 valence electrons. The fourth-order valence-electron chi connectivity index (χ4n) is 1.94. The molecule has 0 radical (unpaired) electrons. The van der Waals surface area contributed by atoms with Crippen LogP contribution < -0.4 is 4.74 Å². The molecule has 2 aromatic rings. The Balaban J connectivity index is 2.21. The lowest BCUT2D eigenvalue weighted by molar-refractivity contribution is 0.177. The molecule has 0 aromatic heterocycles. The monoisotopic (exact) mass is 462 g/mol. The molecule has 0 bridgehead atoms. The fourth-order valence-corrected chi connectivity index (χ4v) is 3.42. The Morgan fingerprint density at radius 1 is 1.05 bits per heavy atom. The molecule has 0 fully saturated rings.